The van der Waals surface area contributed by atoms with Gasteiger partial charge in [0.1, 0.15) is 5.82 Å². The van der Waals surface area contributed by atoms with Crippen molar-refractivity contribution >= 4 is 0 Å². The van der Waals surface area contributed by atoms with Gasteiger partial charge in [0.25, 0.3) is 0 Å². The largest absolute Gasteiger partial charge is 0.338 e. The summed E-state index contributed by atoms with van der Waals surface area (Å²) in [5.41, 5.74) is 6.51. The minimum Gasteiger partial charge on any atom is -0.338 e. The summed E-state index contributed by atoms with van der Waals surface area (Å²) in [6.07, 6.45) is 7.26. The molecule has 0 saturated heterocycles. The fraction of sp³-hybridized carbons (Fsp3) is 0.700. The molecule has 3 nitrogen and oxygen atoms in total. The molecular weight excluding hydrogens is 162 g/mol. The van der Waals surface area contributed by atoms with Crippen molar-refractivity contribution in [3.63, 3.8) is 0 Å². The molecule has 1 aliphatic rings. The predicted molar refractivity (Wildman–Crippen MR) is 52.2 cm³/mol. The van der Waals surface area contributed by atoms with Gasteiger partial charge in [-0.05, 0) is 18.3 Å². The van der Waals surface area contributed by atoms with Gasteiger partial charge in [-0.2, -0.15) is 0 Å². The Morgan fingerprint density at radius 2 is 2.38 bits per heavy atom. The lowest BCUT2D eigenvalue weighted by Gasteiger charge is -2.17. The van der Waals surface area contributed by atoms with Crippen LogP contribution in [-0.4, -0.2) is 15.6 Å². The van der Waals surface area contributed by atoms with Crippen LogP contribution < -0.4 is 5.73 Å². The van der Waals surface area contributed by atoms with Crippen molar-refractivity contribution in [2.45, 2.75) is 32.2 Å². The lowest BCUT2D eigenvalue weighted by atomic mass is 9.97. The van der Waals surface area contributed by atoms with E-state index in [1.54, 1.807) is 0 Å². The first-order valence-corrected chi connectivity index (χ1v) is 4.84. The highest BCUT2D eigenvalue weighted by molar-refractivity contribution is 5.03. The molecule has 0 amide bonds. The second-order valence-corrected chi connectivity index (χ2v) is 4.42. The molecule has 72 valence electrons. The maximum Gasteiger partial charge on any atom is 0.109 e. The summed E-state index contributed by atoms with van der Waals surface area (Å²) in [6, 6.07) is 0.272. The first kappa shape index (κ1) is 8.75. The van der Waals surface area contributed by atoms with Gasteiger partial charge in [0.15, 0.2) is 0 Å². The maximum absolute atomic E-state index is 6.12. The van der Waals surface area contributed by atoms with Crippen LogP contribution >= 0.6 is 0 Å². The molecule has 1 unspecified atom stereocenters. The van der Waals surface area contributed by atoms with Crippen LogP contribution in [0.1, 0.15) is 25.6 Å². The standard InChI is InChI=1S/C10H17N3/c1-10(3-4-10)8(11)7-9-12-5-6-13(9)2/h5-6,8H,3-4,7,11H2,1-2H3. The van der Waals surface area contributed by atoms with Gasteiger partial charge in [0.2, 0.25) is 0 Å². The van der Waals surface area contributed by atoms with E-state index in [2.05, 4.69) is 11.9 Å². The molecule has 0 aliphatic heterocycles. The van der Waals surface area contributed by atoms with E-state index in [0.29, 0.717) is 5.41 Å². The summed E-state index contributed by atoms with van der Waals surface area (Å²) in [6.45, 7) is 2.26. The minimum atomic E-state index is 0.272. The molecule has 1 aliphatic carbocycles. The highest BCUT2D eigenvalue weighted by Crippen LogP contribution is 2.47. The van der Waals surface area contributed by atoms with Crippen molar-refractivity contribution in [2.24, 2.45) is 18.2 Å². The van der Waals surface area contributed by atoms with Crippen molar-refractivity contribution in [3.05, 3.63) is 18.2 Å². The van der Waals surface area contributed by atoms with Crippen molar-refractivity contribution in [1.29, 1.82) is 0 Å². The molecule has 0 bridgehead atoms. The van der Waals surface area contributed by atoms with Gasteiger partial charge >= 0.3 is 0 Å². The molecule has 13 heavy (non-hydrogen) atoms. The average Bonchev–Trinajstić information content (AvgIpc) is 2.72. The monoisotopic (exact) mass is 179 g/mol. The van der Waals surface area contributed by atoms with Crippen LogP contribution in [0.25, 0.3) is 0 Å². The SMILES string of the molecule is Cn1ccnc1CC(N)C1(C)CC1. The van der Waals surface area contributed by atoms with Crippen molar-refractivity contribution in [3.8, 4) is 0 Å². The molecule has 1 aromatic heterocycles. The lowest BCUT2D eigenvalue weighted by Crippen LogP contribution is -2.32. The highest BCUT2D eigenvalue weighted by atomic mass is 15.0. The molecule has 0 aromatic carbocycles. The number of rotatable bonds is 3. The first-order chi connectivity index (χ1) is 6.12. The Hall–Kier alpha value is -0.830. The number of hydrogen-bond donors (Lipinski definition) is 1. The lowest BCUT2D eigenvalue weighted by molar-refractivity contribution is 0.423. The maximum atomic E-state index is 6.12. The van der Waals surface area contributed by atoms with Gasteiger partial charge in [0.05, 0.1) is 0 Å². The fourth-order valence-corrected chi connectivity index (χ4v) is 1.60. The number of nitrogens with zero attached hydrogens (tertiary/aromatic N) is 2. The zero-order chi connectivity index (χ0) is 9.47. The topological polar surface area (TPSA) is 43.8 Å². The van der Waals surface area contributed by atoms with Crippen LogP contribution in [0, 0.1) is 5.41 Å². The van der Waals surface area contributed by atoms with Gasteiger partial charge in [-0.25, -0.2) is 4.98 Å². The molecular formula is C10H17N3. The van der Waals surface area contributed by atoms with Gasteiger partial charge in [0, 0.05) is 31.9 Å². The van der Waals surface area contributed by atoms with Crippen LogP contribution in [0.5, 0.6) is 0 Å². The minimum absolute atomic E-state index is 0.272. The molecule has 1 atom stereocenters. The van der Waals surface area contributed by atoms with Gasteiger partial charge < -0.3 is 10.3 Å². The number of imidazole rings is 1. The van der Waals surface area contributed by atoms with Crippen LogP contribution in [-0.2, 0) is 13.5 Å². The van der Waals surface area contributed by atoms with Crippen LogP contribution in [0.2, 0.25) is 0 Å². The average molecular weight is 179 g/mol. The van der Waals surface area contributed by atoms with Crippen LogP contribution in [0.15, 0.2) is 12.4 Å². The molecule has 3 heteroatoms. The zero-order valence-corrected chi connectivity index (χ0v) is 8.33. The third-order valence-corrected chi connectivity index (χ3v) is 3.26. The Kier molecular flexibility index (Phi) is 1.91. The molecule has 1 saturated carbocycles. The number of nitrogens with two attached hydrogens (primary N) is 1. The van der Waals surface area contributed by atoms with E-state index in [1.807, 2.05) is 24.0 Å². The number of hydrogen-bond acceptors (Lipinski definition) is 2. The third-order valence-electron chi connectivity index (χ3n) is 3.26. The van der Waals surface area contributed by atoms with E-state index in [-0.39, 0.29) is 6.04 Å². The molecule has 0 radical (unpaired) electrons. The second-order valence-electron chi connectivity index (χ2n) is 4.42. The van der Waals surface area contributed by atoms with E-state index in [1.165, 1.54) is 12.8 Å². The second kappa shape index (κ2) is 2.84. The summed E-state index contributed by atoms with van der Waals surface area (Å²) in [7, 11) is 2.02. The summed E-state index contributed by atoms with van der Waals surface area (Å²) in [4.78, 5) is 4.28. The molecule has 1 fully saturated rings. The molecule has 2 N–H and O–H groups in total. The smallest absolute Gasteiger partial charge is 0.109 e. The molecule has 1 aromatic rings. The Morgan fingerprint density at radius 3 is 2.85 bits per heavy atom. The first-order valence-electron chi connectivity index (χ1n) is 4.84. The van der Waals surface area contributed by atoms with E-state index in [0.717, 1.165) is 12.2 Å². The Balaban J connectivity index is 2.02. The Labute approximate surface area is 79.0 Å². The van der Waals surface area contributed by atoms with E-state index >= 15 is 0 Å². The van der Waals surface area contributed by atoms with E-state index in [9.17, 15) is 0 Å². The fourth-order valence-electron chi connectivity index (χ4n) is 1.60. The zero-order valence-electron chi connectivity index (χ0n) is 8.33. The summed E-state index contributed by atoms with van der Waals surface area (Å²) < 4.78 is 2.05. The van der Waals surface area contributed by atoms with Crippen molar-refractivity contribution in [1.82, 2.24) is 9.55 Å². The molecule has 1 heterocycles. The van der Waals surface area contributed by atoms with Crippen molar-refractivity contribution in [2.75, 3.05) is 0 Å². The Morgan fingerprint density at radius 1 is 1.69 bits per heavy atom. The van der Waals surface area contributed by atoms with Crippen LogP contribution in [0.4, 0.5) is 0 Å². The quantitative estimate of drug-likeness (QED) is 0.755. The highest BCUT2D eigenvalue weighted by Gasteiger charge is 2.43. The Bertz CT molecular complexity index is 299. The third kappa shape index (κ3) is 1.61. The molecule has 0 spiro atoms. The van der Waals surface area contributed by atoms with Gasteiger partial charge in [-0.1, -0.05) is 6.92 Å². The number of aryl methyl sites for hydroxylation is 1. The predicted octanol–water partition coefficient (Wildman–Crippen LogP) is 1.09. The molecule has 2 rings (SSSR count). The van der Waals surface area contributed by atoms with Gasteiger partial charge in [-0.15, -0.1) is 0 Å². The summed E-state index contributed by atoms with van der Waals surface area (Å²) in [5, 5.41) is 0. The van der Waals surface area contributed by atoms with Crippen LogP contribution in [0.3, 0.4) is 0 Å². The number of aromatic nitrogens is 2. The normalized spacial score (nSPS) is 21.5. The van der Waals surface area contributed by atoms with E-state index in [4.69, 9.17) is 5.73 Å². The van der Waals surface area contributed by atoms with Crippen molar-refractivity contribution < 1.29 is 0 Å². The summed E-state index contributed by atoms with van der Waals surface area (Å²) >= 11 is 0. The summed E-state index contributed by atoms with van der Waals surface area (Å²) in [5.74, 6) is 1.10. The van der Waals surface area contributed by atoms with Gasteiger partial charge in [-0.3, -0.25) is 0 Å². The van der Waals surface area contributed by atoms with E-state index < -0.39 is 0 Å².